The Bertz CT molecular complexity index is 718. The number of anilines is 2. The molecule has 23 heavy (non-hydrogen) atoms. The number of hydrogen-bond acceptors (Lipinski definition) is 4. The molecule has 0 atom stereocenters. The Kier molecular flexibility index (Phi) is 5.00. The molecular formula is C16H15Cl2N3O2. The molecule has 3 rings (SSSR count). The fourth-order valence-corrected chi connectivity index (χ4v) is 2.77. The number of rotatable bonds is 3. The van der Waals surface area contributed by atoms with Gasteiger partial charge in [0.15, 0.2) is 0 Å². The Labute approximate surface area is 144 Å². The minimum Gasteiger partial charge on any atom is -0.378 e. The van der Waals surface area contributed by atoms with Crippen molar-refractivity contribution in [3.05, 3.63) is 52.1 Å². The highest BCUT2D eigenvalue weighted by Crippen LogP contribution is 2.27. The summed E-state index contributed by atoms with van der Waals surface area (Å²) in [4.78, 5) is 18.5. The van der Waals surface area contributed by atoms with Gasteiger partial charge < -0.3 is 15.0 Å². The van der Waals surface area contributed by atoms with Crippen LogP contribution in [0.25, 0.3) is 0 Å². The first-order valence-electron chi connectivity index (χ1n) is 7.18. The van der Waals surface area contributed by atoms with Crippen LogP contribution in [0.3, 0.4) is 0 Å². The van der Waals surface area contributed by atoms with Gasteiger partial charge in [-0.05, 0) is 30.3 Å². The molecule has 2 aromatic rings. The monoisotopic (exact) mass is 351 g/mol. The van der Waals surface area contributed by atoms with E-state index in [2.05, 4.69) is 10.3 Å². The highest BCUT2D eigenvalue weighted by molar-refractivity contribution is 6.36. The van der Waals surface area contributed by atoms with Gasteiger partial charge in [-0.2, -0.15) is 0 Å². The van der Waals surface area contributed by atoms with Gasteiger partial charge in [0.2, 0.25) is 0 Å². The van der Waals surface area contributed by atoms with Crippen LogP contribution in [0.4, 0.5) is 11.5 Å². The lowest BCUT2D eigenvalue weighted by Crippen LogP contribution is -2.40. The largest absolute Gasteiger partial charge is 0.378 e. The van der Waals surface area contributed by atoms with Crippen molar-refractivity contribution in [2.24, 2.45) is 0 Å². The summed E-state index contributed by atoms with van der Waals surface area (Å²) in [5.41, 5.74) is 1.26. The minimum absolute atomic E-state index is 0.0269. The summed E-state index contributed by atoms with van der Waals surface area (Å²) in [6.07, 6.45) is 1.60. The summed E-state index contributed by atoms with van der Waals surface area (Å²) < 4.78 is 5.27. The van der Waals surface area contributed by atoms with E-state index in [0.717, 1.165) is 0 Å². The predicted molar refractivity (Wildman–Crippen MR) is 90.7 cm³/mol. The Balaban J connectivity index is 1.78. The average Bonchev–Trinajstić information content (AvgIpc) is 2.58. The van der Waals surface area contributed by atoms with Gasteiger partial charge in [-0.1, -0.05) is 23.2 Å². The summed E-state index contributed by atoms with van der Waals surface area (Å²) in [5.74, 6) is 0.522. The number of morpholine rings is 1. The van der Waals surface area contributed by atoms with Gasteiger partial charge in [-0.25, -0.2) is 4.98 Å². The smallest absolute Gasteiger partial charge is 0.254 e. The van der Waals surface area contributed by atoms with Crippen molar-refractivity contribution in [2.45, 2.75) is 0 Å². The molecule has 0 unspecified atom stereocenters. The van der Waals surface area contributed by atoms with Crippen molar-refractivity contribution in [3.8, 4) is 0 Å². The van der Waals surface area contributed by atoms with Gasteiger partial charge in [0.05, 0.1) is 23.9 Å². The second-order valence-electron chi connectivity index (χ2n) is 5.08. The topological polar surface area (TPSA) is 54.5 Å². The van der Waals surface area contributed by atoms with Crippen molar-refractivity contribution in [2.75, 3.05) is 31.6 Å². The molecule has 1 amide bonds. The van der Waals surface area contributed by atoms with Crippen molar-refractivity contribution >= 4 is 40.6 Å². The molecule has 1 fully saturated rings. The SMILES string of the molecule is O=C(c1ccnc(Nc2ccc(Cl)cc2Cl)c1)N1CCOCC1. The molecule has 0 aliphatic carbocycles. The summed E-state index contributed by atoms with van der Waals surface area (Å²) in [6, 6.07) is 8.56. The standard InChI is InChI=1S/C16H15Cl2N3O2/c17-12-1-2-14(13(18)10-12)20-15-9-11(3-4-19-15)16(22)21-5-7-23-8-6-21/h1-4,9-10H,5-8H2,(H,19,20). The Morgan fingerprint density at radius 3 is 2.70 bits per heavy atom. The molecule has 0 saturated carbocycles. The maximum Gasteiger partial charge on any atom is 0.254 e. The molecule has 1 aromatic carbocycles. The second-order valence-corrected chi connectivity index (χ2v) is 5.93. The summed E-state index contributed by atoms with van der Waals surface area (Å²) in [6.45, 7) is 2.35. The normalized spacial score (nSPS) is 14.6. The predicted octanol–water partition coefficient (Wildman–Crippen LogP) is 3.60. The number of pyridine rings is 1. The van der Waals surface area contributed by atoms with Gasteiger partial charge in [0, 0.05) is 29.9 Å². The minimum atomic E-state index is -0.0269. The zero-order valence-electron chi connectivity index (χ0n) is 12.3. The van der Waals surface area contributed by atoms with Crippen LogP contribution in [-0.2, 0) is 4.74 Å². The second kappa shape index (κ2) is 7.17. The van der Waals surface area contributed by atoms with Crippen molar-refractivity contribution in [3.63, 3.8) is 0 Å². The van der Waals surface area contributed by atoms with Crippen LogP contribution in [0.15, 0.2) is 36.5 Å². The zero-order valence-corrected chi connectivity index (χ0v) is 13.8. The molecule has 2 heterocycles. The van der Waals surface area contributed by atoms with E-state index in [1.165, 1.54) is 0 Å². The van der Waals surface area contributed by atoms with Crippen LogP contribution in [0.1, 0.15) is 10.4 Å². The highest BCUT2D eigenvalue weighted by atomic mass is 35.5. The van der Waals surface area contributed by atoms with Gasteiger partial charge >= 0.3 is 0 Å². The highest BCUT2D eigenvalue weighted by Gasteiger charge is 2.19. The first-order chi connectivity index (χ1) is 11.1. The van der Waals surface area contributed by atoms with E-state index in [4.69, 9.17) is 27.9 Å². The van der Waals surface area contributed by atoms with Crippen molar-refractivity contribution in [1.82, 2.24) is 9.88 Å². The molecule has 1 saturated heterocycles. The number of amides is 1. The number of ether oxygens (including phenoxy) is 1. The van der Waals surface area contributed by atoms with Crippen LogP contribution in [0, 0.1) is 0 Å². The van der Waals surface area contributed by atoms with E-state index in [-0.39, 0.29) is 5.91 Å². The van der Waals surface area contributed by atoms with Crippen LogP contribution in [0.5, 0.6) is 0 Å². The van der Waals surface area contributed by atoms with E-state index < -0.39 is 0 Å². The molecule has 1 N–H and O–H groups in total. The van der Waals surface area contributed by atoms with Gasteiger partial charge in [0.1, 0.15) is 5.82 Å². The number of nitrogens with zero attached hydrogens (tertiary/aromatic N) is 2. The lowest BCUT2D eigenvalue weighted by Gasteiger charge is -2.26. The van der Waals surface area contributed by atoms with Crippen LogP contribution >= 0.6 is 23.2 Å². The maximum atomic E-state index is 12.5. The average molecular weight is 352 g/mol. The van der Waals surface area contributed by atoms with Crippen LogP contribution < -0.4 is 5.32 Å². The third-order valence-corrected chi connectivity index (χ3v) is 4.05. The molecule has 0 spiro atoms. The number of hydrogen-bond donors (Lipinski definition) is 1. The summed E-state index contributed by atoms with van der Waals surface area (Å²) >= 11 is 12.0. The molecule has 0 bridgehead atoms. The molecular weight excluding hydrogens is 337 g/mol. The number of carbonyl (C=O) groups is 1. The number of benzene rings is 1. The van der Waals surface area contributed by atoms with Crippen molar-refractivity contribution in [1.29, 1.82) is 0 Å². The lowest BCUT2D eigenvalue weighted by molar-refractivity contribution is 0.0303. The Morgan fingerprint density at radius 2 is 1.96 bits per heavy atom. The van der Waals surface area contributed by atoms with E-state index in [0.29, 0.717) is 53.4 Å². The number of carbonyl (C=O) groups excluding carboxylic acids is 1. The van der Waals surface area contributed by atoms with Gasteiger partial charge in [-0.3, -0.25) is 4.79 Å². The molecule has 5 nitrogen and oxygen atoms in total. The molecule has 1 aromatic heterocycles. The van der Waals surface area contributed by atoms with E-state index in [9.17, 15) is 4.79 Å². The van der Waals surface area contributed by atoms with Crippen LogP contribution in [-0.4, -0.2) is 42.1 Å². The number of nitrogens with one attached hydrogen (secondary N) is 1. The van der Waals surface area contributed by atoms with E-state index >= 15 is 0 Å². The molecule has 1 aliphatic rings. The third-order valence-electron chi connectivity index (χ3n) is 3.50. The van der Waals surface area contributed by atoms with Crippen LogP contribution in [0.2, 0.25) is 10.0 Å². The summed E-state index contributed by atoms with van der Waals surface area (Å²) in [5, 5.41) is 4.15. The summed E-state index contributed by atoms with van der Waals surface area (Å²) in [7, 11) is 0. The maximum absolute atomic E-state index is 12.5. The zero-order chi connectivity index (χ0) is 16.2. The van der Waals surface area contributed by atoms with E-state index in [1.54, 1.807) is 41.4 Å². The first-order valence-corrected chi connectivity index (χ1v) is 7.94. The Morgan fingerprint density at radius 1 is 1.17 bits per heavy atom. The number of aromatic nitrogens is 1. The fourth-order valence-electron chi connectivity index (χ4n) is 2.31. The number of halogens is 2. The lowest BCUT2D eigenvalue weighted by atomic mass is 10.2. The first kappa shape index (κ1) is 16.1. The molecule has 1 aliphatic heterocycles. The molecule has 120 valence electrons. The quantitative estimate of drug-likeness (QED) is 0.917. The fraction of sp³-hybridized carbons (Fsp3) is 0.250. The van der Waals surface area contributed by atoms with Gasteiger partial charge in [0.25, 0.3) is 5.91 Å². The molecule has 7 heteroatoms. The van der Waals surface area contributed by atoms with Crippen molar-refractivity contribution < 1.29 is 9.53 Å². The molecule has 0 radical (unpaired) electrons. The van der Waals surface area contributed by atoms with E-state index in [1.807, 2.05) is 0 Å². The van der Waals surface area contributed by atoms with Gasteiger partial charge in [-0.15, -0.1) is 0 Å². The third kappa shape index (κ3) is 3.93. The Hall–Kier alpha value is -1.82.